The molecule has 3 amide bonds. The molecule has 0 aliphatic rings. The van der Waals surface area contributed by atoms with E-state index in [1.807, 2.05) is 0 Å². The van der Waals surface area contributed by atoms with Crippen LogP contribution in [-0.2, 0) is 18.3 Å². The number of amides is 3. The zero-order valence-corrected chi connectivity index (χ0v) is 10.2. The van der Waals surface area contributed by atoms with Crippen molar-refractivity contribution in [3.63, 3.8) is 0 Å². The highest BCUT2D eigenvalue weighted by Gasteiger charge is 2.06. The first-order chi connectivity index (χ1) is 8.11. The van der Waals surface area contributed by atoms with Crippen LogP contribution < -0.4 is 10.6 Å². The van der Waals surface area contributed by atoms with Crippen molar-refractivity contribution < 1.29 is 9.59 Å². The van der Waals surface area contributed by atoms with E-state index < -0.39 is 11.9 Å². The molecule has 17 heavy (non-hydrogen) atoms. The maximum Gasteiger partial charge on any atom is 0.321 e. The summed E-state index contributed by atoms with van der Waals surface area (Å²) in [5.41, 5.74) is 0. The molecule has 0 bridgehead atoms. The first-order valence-corrected chi connectivity index (χ1v) is 5.63. The third-order valence-corrected chi connectivity index (χ3v) is 2.04. The molecule has 94 valence electrons. The molecule has 0 aliphatic heterocycles. The highest BCUT2D eigenvalue weighted by Crippen LogP contribution is 1.88. The predicted molar refractivity (Wildman–Crippen MR) is 61.6 cm³/mol. The van der Waals surface area contributed by atoms with Crippen molar-refractivity contribution in [2.24, 2.45) is 7.05 Å². The molecule has 1 aromatic heterocycles. The lowest BCUT2D eigenvalue weighted by Gasteiger charge is -2.04. The Morgan fingerprint density at radius 2 is 2.29 bits per heavy atom. The highest BCUT2D eigenvalue weighted by atomic mass is 35.5. The molecular weight excluding hydrogens is 246 g/mol. The van der Waals surface area contributed by atoms with E-state index in [-0.39, 0.29) is 12.3 Å². The van der Waals surface area contributed by atoms with E-state index in [1.54, 1.807) is 18.1 Å². The third-order valence-electron chi connectivity index (χ3n) is 1.86. The second kappa shape index (κ2) is 6.85. The smallest absolute Gasteiger partial charge is 0.321 e. The van der Waals surface area contributed by atoms with Gasteiger partial charge in [0, 0.05) is 32.3 Å². The molecule has 0 atom stereocenters. The van der Waals surface area contributed by atoms with Crippen LogP contribution >= 0.6 is 11.6 Å². The summed E-state index contributed by atoms with van der Waals surface area (Å²) in [6, 6.07) is -0.531. The van der Waals surface area contributed by atoms with Crippen LogP contribution in [0.4, 0.5) is 4.79 Å². The van der Waals surface area contributed by atoms with E-state index in [2.05, 4.69) is 20.7 Å². The summed E-state index contributed by atoms with van der Waals surface area (Å²) >= 11 is 5.36. The van der Waals surface area contributed by atoms with Crippen LogP contribution in [0, 0.1) is 0 Å². The van der Waals surface area contributed by atoms with Gasteiger partial charge in [-0.05, 0) is 0 Å². The van der Waals surface area contributed by atoms with E-state index in [0.717, 1.165) is 0 Å². The number of imide groups is 1. The van der Waals surface area contributed by atoms with Crippen molar-refractivity contribution in [1.82, 2.24) is 25.4 Å². The minimum Gasteiger partial charge on any atom is -0.337 e. The number of nitrogens with zero attached hydrogens (tertiary/aromatic N) is 3. The number of urea groups is 1. The Hall–Kier alpha value is -1.63. The molecule has 0 aliphatic carbocycles. The SMILES string of the molecule is Cn1cnc(CCNC(=O)NC(=O)CCCl)n1. The molecule has 1 heterocycles. The van der Waals surface area contributed by atoms with E-state index in [9.17, 15) is 9.59 Å². The lowest BCUT2D eigenvalue weighted by molar-refractivity contribution is -0.119. The zero-order valence-electron chi connectivity index (χ0n) is 9.44. The Kier molecular flexibility index (Phi) is 5.41. The fourth-order valence-corrected chi connectivity index (χ4v) is 1.28. The number of hydrogen-bond acceptors (Lipinski definition) is 4. The topological polar surface area (TPSA) is 88.9 Å². The van der Waals surface area contributed by atoms with Crippen molar-refractivity contribution in [2.45, 2.75) is 12.8 Å². The summed E-state index contributed by atoms with van der Waals surface area (Å²) in [5.74, 6) is 0.435. The van der Waals surface area contributed by atoms with E-state index >= 15 is 0 Å². The molecule has 8 heteroatoms. The standard InChI is InChI=1S/C9H14ClN5O2/c1-15-6-12-7(14-15)3-5-11-9(17)13-8(16)2-4-10/h6H,2-5H2,1H3,(H2,11,13,16,17). The largest absolute Gasteiger partial charge is 0.337 e. The molecular formula is C9H14ClN5O2. The quantitative estimate of drug-likeness (QED) is 0.718. The van der Waals surface area contributed by atoms with Gasteiger partial charge in [-0.25, -0.2) is 9.78 Å². The number of carbonyl (C=O) groups is 2. The fraction of sp³-hybridized carbons (Fsp3) is 0.556. The van der Waals surface area contributed by atoms with Crippen LogP contribution in [0.25, 0.3) is 0 Å². The first-order valence-electron chi connectivity index (χ1n) is 5.10. The van der Waals surface area contributed by atoms with Crippen LogP contribution in [0.1, 0.15) is 12.2 Å². The fourth-order valence-electron chi connectivity index (χ4n) is 1.11. The van der Waals surface area contributed by atoms with Gasteiger partial charge in [0.25, 0.3) is 0 Å². The molecule has 0 saturated carbocycles. The Labute approximate surface area is 104 Å². The summed E-state index contributed by atoms with van der Waals surface area (Å²) in [4.78, 5) is 26.2. The maximum atomic E-state index is 11.2. The van der Waals surface area contributed by atoms with Gasteiger partial charge in [-0.3, -0.25) is 14.8 Å². The predicted octanol–water partition coefficient (Wildman–Crippen LogP) is -0.188. The van der Waals surface area contributed by atoms with Crippen molar-refractivity contribution in [2.75, 3.05) is 12.4 Å². The Bertz CT molecular complexity index is 392. The third kappa shape index (κ3) is 5.30. The number of aryl methyl sites for hydroxylation is 1. The van der Waals surface area contributed by atoms with Crippen molar-refractivity contribution in [3.05, 3.63) is 12.2 Å². The lowest BCUT2D eigenvalue weighted by atomic mass is 10.4. The zero-order chi connectivity index (χ0) is 12.7. The molecule has 0 fully saturated rings. The Balaban J connectivity index is 2.18. The second-order valence-corrected chi connectivity index (χ2v) is 3.71. The Morgan fingerprint density at radius 1 is 1.53 bits per heavy atom. The molecule has 2 N–H and O–H groups in total. The monoisotopic (exact) mass is 259 g/mol. The number of hydrogen-bond donors (Lipinski definition) is 2. The van der Waals surface area contributed by atoms with Gasteiger partial charge in [0.2, 0.25) is 5.91 Å². The van der Waals surface area contributed by atoms with E-state index in [4.69, 9.17) is 11.6 Å². The second-order valence-electron chi connectivity index (χ2n) is 3.33. The summed E-state index contributed by atoms with van der Waals surface area (Å²) < 4.78 is 1.58. The average Bonchev–Trinajstić information content (AvgIpc) is 2.64. The summed E-state index contributed by atoms with van der Waals surface area (Å²) in [6.07, 6.45) is 2.22. The van der Waals surface area contributed by atoms with Crippen LogP contribution in [-0.4, -0.2) is 39.1 Å². The van der Waals surface area contributed by atoms with Gasteiger partial charge >= 0.3 is 6.03 Å². The van der Waals surface area contributed by atoms with Gasteiger partial charge < -0.3 is 5.32 Å². The minimum atomic E-state index is -0.531. The highest BCUT2D eigenvalue weighted by molar-refractivity contribution is 6.19. The van der Waals surface area contributed by atoms with Gasteiger partial charge in [-0.2, -0.15) is 5.10 Å². The average molecular weight is 260 g/mol. The van der Waals surface area contributed by atoms with Gasteiger partial charge in [-0.1, -0.05) is 0 Å². The Morgan fingerprint density at radius 3 is 2.88 bits per heavy atom. The first kappa shape index (κ1) is 13.4. The van der Waals surface area contributed by atoms with Crippen LogP contribution in [0.2, 0.25) is 0 Å². The molecule has 1 aromatic rings. The summed E-state index contributed by atoms with van der Waals surface area (Å²) in [6.45, 7) is 0.365. The summed E-state index contributed by atoms with van der Waals surface area (Å²) in [5, 5.41) is 8.73. The van der Waals surface area contributed by atoms with Crippen molar-refractivity contribution >= 4 is 23.5 Å². The van der Waals surface area contributed by atoms with Gasteiger partial charge in [0.05, 0.1) is 0 Å². The van der Waals surface area contributed by atoms with Crippen molar-refractivity contribution in [1.29, 1.82) is 0 Å². The molecule has 7 nitrogen and oxygen atoms in total. The van der Waals surface area contributed by atoms with Gasteiger partial charge in [-0.15, -0.1) is 11.6 Å². The maximum absolute atomic E-state index is 11.2. The molecule has 0 radical (unpaired) electrons. The number of nitrogens with one attached hydrogen (secondary N) is 2. The van der Waals surface area contributed by atoms with Crippen LogP contribution in [0.5, 0.6) is 0 Å². The molecule has 1 rings (SSSR count). The molecule has 0 saturated heterocycles. The number of halogens is 1. The van der Waals surface area contributed by atoms with Crippen LogP contribution in [0.3, 0.4) is 0 Å². The lowest BCUT2D eigenvalue weighted by Crippen LogP contribution is -2.40. The van der Waals surface area contributed by atoms with E-state index in [1.165, 1.54) is 0 Å². The normalized spacial score (nSPS) is 10.0. The van der Waals surface area contributed by atoms with Crippen LogP contribution in [0.15, 0.2) is 6.33 Å². The summed E-state index contributed by atoms with van der Waals surface area (Å²) in [7, 11) is 1.77. The minimum absolute atomic E-state index is 0.122. The molecule has 0 unspecified atom stereocenters. The molecule has 0 spiro atoms. The number of rotatable bonds is 5. The number of alkyl halides is 1. The number of aromatic nitrogens is 3. The molecule has 0 aromatic carbocycles. The van der Waals surface area contributed by atoms with E-state index in [0.29, 0.717) is 18.8 Å². The van der Waals surface area contributed by atoms with Gasteiger partial charge in [0.15, 0.2) is 5.82 Å². The van der Waals surface area contributed by atoms with Crippen molar-refractivity contribution in [3.8, 4) is 0 Å². The van der Waals surface area contributed by atoms with Gasteiger partial charge in [0.1, 0.15) is 6.33 Å². The number of carbonyl (C=O) groups excluding carboxylic acids is 2.